The smallest absolute Gasteiger partial charge is 0.266 e. The van der Waals surface area contributed by atoms with Crippen molar-refractivity contribution in [3.63, 3.8) is 0 Å². The van der Waals surface area contributed by atoms with Crippen molar-refractivity contribution in [2.45, 2.75) is 11.3 Å². The Hall–Kier alpha value is -1.66. The fourth-order valence-corrected chi connectivity index (χ4v) is 3.39. The molecule has 3 aromatic rings. The first-order valence-electron chi connectivity index (χ1n) is 5.70. The van der Waals surface area contributed by atoms with Crippen molar-refractivity contribution in [3.05, 3.63) is 46.5 Å². The van der Waals surface area contributed by atoms with Crippen LogP contribution in [0.5, 0.6) is 0 Å². The van der Waals surface area contributed by atoms with Crippen molar-refractivity contribution >= 4 is 33.4 Å². The molecule has 0 aliphatic rings. The molecule has 0 fully saturated rings. The van der Waals surface area contributed by atoms with Gasteiger partial charge in [-0.05, 0) is 25.3 Å². The largest absolute Gasteiger partial charge is 0.285 e. The van der Waals surface area contributed by atoms with Gasteiger partial charge in [-0.3, -0.25) is 9.36 Å². The van der Waals surface area contributed by atoms with Gasteiger partial charge in [0.2, 0.25) is 0 Å². The second kappa shape index (κ2) is 4.79. The van der Waals surface area contributed by atoms with E-state index in [9.17, 15) is 4.79 Å². The Morgan fingerprint density at radius 2 is 1.95 bits per heavy atom. The van der Waals surface area contributed by atoms with Gasteiger partial charge in [0.25, 0.3) is 5.56 Å². The lowest BCUT2D eigenvalue weighted by Crippen LogP contribution is -2.22. The molecule has 0 atom stereocenters. The van der Waals surface area contributed by atoms with E-state index >= 15 is 0 Å². The zero-order chi connectivity index (χ0) is 13.4. The SMILES string of the molecule is CSc1nc2c(=O)n(-c3ccccc3)c(C)nc2s1. The van der Waals surface area contributed by atoms with Crippen molar-refractivity contribution in [1.82, 2.24) is 14.5 Å². The number of hydrogen-bond donors (Lipinski definition) is 0. The van der Waals surface area contributed by atoms with E-state index in [-0.39, 0.29) is 5.56 Å². The van der Waals surface area contributed by atoms with Gasteiger partial charge in [-0.25, -0.2) is 9.97 Å². The third-order valence-electron chi connectivity index (χ3n) is 2.77. The first-order chi connectivity index (χ1) is 9.20. The first-order valence-corrected chi connectivity index (χ1v) is 7.74. The monoisotopic (exact) mass is 289 g/mol. The summed E-state index contributed by atoms with van der Waals surface area (Å²) in [4.78, 5) is 22.1. The Kier molecular flexibility index (Phi) is 3.12. The lowest BCUT2D eigenvalue weighted by atomic mass is 10.3. The van der Waals surface area contributed by atoms with E-state index in [4.69, 9.17) is 0 Å². The van der Waals surface area contributed by atoms with Gasteiger partial charge in [-0.15, -0.1) is 0 Å². The predicted molar refractivity (Wildman–Crippen MR) is 79.5 cm³/mol. The number of benzene rings is 1. The lowest BCUT2D eigenvalue weighted by molar-refractivity contribution is 0.892. The minimum atomic E-state index is -0.106. The maximum Gasteiger partial charge on any atom is 0.285 e. The van der Waals surface area contributed by atoms with E-state index in [1.165, 1.54) is 23.1 Å². The van der Waals surface area contributed by atoms with Gasteiger partial charge >= 0.3 is 0 Å². The predicted octanol–water partition coefficient (Wildman–Crippen LogP) is 2.87. The van der Waals surface area contributed by atoms with Gasteiger partial charge < -0.3 is 0 Å². The molecule has 0 amide bonds. The summed E-state index contributed by atoms with van der Waals surface area (Å²) >= 11 is 2.99. The van der Waals surface area contributed by atoms with Crippen LogP contribution in [0.3, 0.4) is 0 Å². The first kappa shape index (κ1) is 12.4. The summed E-state index contributed by atoms with van der Waals surface area (Å²) in [6.07, 6.45) is 1.94. The molecule has 1 aromatic carbocycles. The average molecular weight is 289 g/mol. The van der Waals surface area contributed by atoms with Gasteiger partial charge in [0.1, 0.15) is 5.82 Å². The fourth-order valence-electron chi connectivity index (χ4n) is 1.93. The highest BCUT2D eigenvalue weighted by molar-refractivity contribution is 8.00. The second-order valence-corrected chi connectivity index (χ2v) is 6.00. The summed E-state index contributed by atoms with van der Waals surface area (Å²) in [6, 6.07) is 9.51. The molecule has 4 nitrogen and oxygen atoms in total. The number of para-hydroxylation sites is 1. The second-order valence-electron chi connectivity index (χ2n) is 3.97. The van der Waals surface area contributed by atoms with E-state index in [1.54, 1.807) is 4.57 Å². The molecule has 0 unspecified atom stereocenters. The van der Waals surface area contributed by atoms with E-state index < -0.39 is 0 Å². The fraction of sp³-hybridized carbons (Fsp3) is 0.154. The number of nitrogens with zero attached hydrogens (tertiary/aromatic N) is 3. The quantitative estimate of drug-likeness (QED) is 0.681. The Morgan fingerprint density at radius 3 is 2.63 bits per heavy atom. The third kappa shape index (κ3) is 2.06. The molecule has 0 aliphatic carbocycles. The van der Waals surface area contributed by atoms with Crippen LogP contribution in [0, 0.1) is 6.92 Å². The average Bonchev–Trinajstić information content (AvgIpc) is 2.83. The standard InChI is InChI=1S/C13H11N3OS2/c1-8-14-11-10(15-13(18-2)19-11)12(17)16(8)9-6-4-3-5-7-9/h3-7H,1-2H3. The molecule has 2 heterocycles. The normalized spacial score (nSPS) is 11.1. The van der Waals surface area contributed by atoms with Gasteiger partial charge in [-0.2, -0.15) is 0 Å². The van der Waals surface area contributed by atoms with Crippen molar-refractivity contribution in [2.75, 3.05) is 6.26 Å². The molecule has 0 N–H and O–H groups in total. The number of thiazole rings is 1. The van der Waals surface area contributed by atoms with Crippen LogP contribution in [0.1, 0.15) is 5.82 Å². The molecule has 0 spiro atoms. The van der Waals surface area contributed by atoms with E-state index in [0.717, 1.165) is 10.0 Å². The highest BCUT2D eigenvalue weighted by atomic mass is 32.2. The van der Waals surface area contributed by atoms with Gasteiger partial charge in [0, 0.05) is 0 Å². The highest BCUT2D eigenvalue weighted by Crippen LogP contribution is 2.25. The molecular weight excluding hydrogens is 278 g/mol. The maximum absolute atomic E-state index is 12.5. The molecule has 0 aliphatic heterocycles. The number of fused-ring (bicyclic) bond motifs is 1. The summed E-state index contributed by atoms with van der Waals surface area (Å²) in [7, 11) is 0. The Morgan fingerprint density at radius 1 is 1.21 bits per heavy atom. The van der Waals surface area contributed by atoms with Crippen molar-refractivity contribution in [2.24, 2.45) is 0 Å². The van der Waals surface area contributed by atoms with Crippen LogP contribution in [-0.4, -0.2) is 20.8 Å². The van der Waals surface area contributed by atoms with Crippen LogP contribution in [0.15, 0.2) is 39.5 Å². The van der Waals surface area contributed by atoms with Gasteiger partial charge in [0.15, 0.2) is 14.7 Å². The minimum Gasteiger partial charge on any atom is -0.266 e. The van der Waals surface area contributed by atoms with Crippen molar-refractivity contribution < 1.29 is 0 Å². The van der Waals surface area contributed by atoms with Gasteiger partial charge in [-0.1, -0.05) is 41.3 Å². The van der Waals surface area contributed by atoms with Crippen molar-refractivity contribution in [1.29, 1.82) is 0 Å². The topological polar surface area (TPSA) is 47.8 Å². The van der Waals surface area contributed by atoms with Crippen LogP contribution in [0.2, 0.25) is 0 Å². The van der Waals surface area contributed by atoms with Crippen LogP contribution < -0.4 is 5.56 Å². The number of aryl methyl sites for hydroxylation is 1. The summed E-state index contributed by atoms with van der Waals surface area (Å²) < 4.78 is 2.47. The molecule has 0 radical (unpaired) electrons. The van der Waals surface area contributed by atoms with E-state index in [2.05, 4.69) is 9.97 Å². The van der Waals surface area contributed by atoms with Crippen LogP contribution >= 0.6 is 23.1 Å². The zero-order valence-electron chi connectivity index (χ0n) is 10.5. The van der Waals surface area contributed by atoms with E-state index in [0.29, 0.717) is 16.2 Å². The summed E-state index contributed by atoms with van der Waals surface area (Å²) in [5.41, 5.74) is 1.16. The molecule has 0 saturated heterocycles. The summed E-state index contributed by atoms with van der Waals surface area (Å²) in [5, 5.41) is 0. The Labute approximate surface area is 118 Å². The van der Waals surface area contributed by atoms with Crippen LogP contribution in [0.25, 0.3) is 16.0 Å². The molecule has 2 aromatic heterocycles. The number of hydrogen-bond acceptors (Lipinski definition) is 5. The number of thioether (sulfide) groups is 1. The minimum absolute atomic E-state index is 0.106. The van der Waals surface area contributed by atoms with Crippen molar-refractivity contribution in [3.8, 4) is 5.69 Å². The Balaban J connectivity index is 2.34. The molecule has 19 heavy (non-hydrogen) atoms. The molecular formula is C13H11N3OS2. The summed E-state index contributed by atoms with van der Waals surface area (Å²) in [5.74, 6) is 0.681. The highest BCUT2D eigenvalue weighted by Gasteiger charge is 2.13. The molecule has 96 valence electrons. The Bertz CT molecular complexity index is 793. The van der Waals surface area contributed by atoms with Crippen LogP contribution in [0.4, 0.5) is 0 Å². The lowest BCUT2D eigenvalue weighted by Gasteiger charge is -2.08. The van der Waals surface area contributed by atoms with E-state index in [1.807, 2.05) is 43.5 Å². The molecule has 0 bridgehead atoms. The van der Waals surface area contributed by atoms with Gasteiger partial charge in [0.05, 0.1) is 5.69 Å². The molecule has 6 heteroatoms. The maximum atomic E-state index is 12.5. The third-order valence-corrected chi connectivity index (χ3v) is 4.71. The zero-order valence-corrected chi connectivity index (χ0v) is 12.1. The molecule has 3 rings (SSSR count). The number of rotatable bonds is 2. The number of aromatic nitrogens is 3. The molecule has 0 saturated carbocycles. The van der Waals surface area contributed by atoms with Crippen LogP contribution in [-0.2, 0) is 0 Å². The summed E-state index contributed by atoms with van der Waals surface area (Å²) in [6.45, 7) is 1.84.